The van der Waals surface area contributed by atoms with E-state index >= 15 is 0 Å². The lowest BCUT2D eigenvalue weighted by atomic mass is 10.0. The maximum absolute atomic E-state index is 13.4. The Hall–Kier alpha value is -3.19. The molecule has 1 fully saturated rings. The van der Waals surface area contributed by atoms with Crippen molar-refractivity contribution in [2.24, 2.45) is 0 Å². The van der Waals surface area contributed by atoms with E-state index in [9.17, 15) is 31.4 Å². The van der Waals surface area contributed by atoms with Gasteiger partial charge in [-0.2, -0.15) is 31.3 Å². The van der Waals surface area contributed by atoms with Gasteiger partial charge in [0.1, 0.15) is 6.61 Å². The largest absolute Gasteiger partial charge is 0.493 e. The van der Waals surface area contributed by atoms with Crippen molar-refractivity contribution in [2.45, 2.75) is 25.4 Å². The van der Waals surface area contributed by atoms with Crippen LogP contribution in [0.5, 0.6) is 17.4 Å². The summed E-state index contributed by atoms with van der Waals surface area (Å²) in [7, 11) is 3.41. The number of hydrogen-bond donors (Lipinski definition) is 1. The van der Waals surface area contributed by atoms with Gasteiger partial charge in [0.25, 0.3) is 0 Å². The fourth-order valence-corrected chi connectivity index (χ4v) is 5.04. The summed E-state index contributed by atoms with van der Waals surface area (Å²) >= 11 is 1.38. The molecular weight excluding hydrogens is 536 g/mol. The second kappa shape index (κ2) is 10.9. The maximum Gasteiger partial charge on any atom is 0.416 e. The lowest BCUT2D eigenvalue weighted by Crippen LogP contribution is -2.44. The van der Waals surface area contributed by atoms with E-state index in [-0.39, 0.29) is 23.4 Å². The topological polar surface area (TPSA) is 58.1 Å². The molecule has 0 bridgehead atoms. The van der Waals surface area contributed by atoms with E-state index in [0.717, 1.165) is 42.9 Å². The first-order valence-electron chi connectivity index (χ1n) is 11.5. The van der Waals surface area contributed by atoms with Crippen molar-refractivity contribution in [1.29, 1.82) is 0 Å². The Morgan fingerprint density at radius 2 is 1.66 bits per heavy atom. The number of likely N-dealkylation sites (N-methyl/N-ethyl adjacent to an activating group) is 1. The van der Waals surface area contributed by atoms with E-state index in [1.165, 1.54) is 24.5 Å². The SMILES string of the molecule is COc1cc(Cc2sc(N3CCN(C)CC3)nc2O)ccc1OCc1ccc(C(F)(F)F)cc1C(F)(F)F. The normalized spacial score (nSPS) is 15.1. The number of piperazine rings is 1. The third-order valence-corrected chi connectivity index (χ3v) is 7.26. The van der Waals surface area contributed by atoms with Gasteiger partial charge in [0, 0.05) is 38.2 Å². The van der Waals surface area contributed by atoms with Gasteiger partial charge >= 0.3 is 12.4 Å². The number of ether oxygens (including phenoxy) is 2. The molecule has 4 rings (SSSR count). The second-order valence-corrected chi connectivity index (χ2v) is 9.91. The molecule has 0 atom stereocenters. The highest BCUT2D eigenvalue weighted by Crippen LogP contribution is 2.39. The van der Waals surface area contributed by atoms with Crippen LogP contribution in [0, 0.1) is 0 Å². The van der Waals surface area contributed by atoms with Crippen molar-refractivity contribution in [3.63, 3.8) is 0 Å². The van der Waals surface area contributed by atoms with Crippen molar-refractivity contribution >= 4 is 16.5 Å². The molecule has 0 aliphatic carbocycles. The Morgan fingerprint density at radius 1 is 0.947 bits per heavy atom. The van der Waals surface area contributed by atoms with E-state index in [1.807, 2.05) is 7.05 Å². The summed E-state index contributed by atoms with van der Waals surface area (Å²) in [6, 6.07) is 6.23. The third kappa shape index (κ3) is 6.44. The number of anilines is 1. The molecular formula is C25H25F6N3O3S. The molecule has 1 N–H and O–H groups in total. The van der Waals surface area contributed by atoms with Crippen LogP contribution in [0.2, 0.25) is 0 Å². The molecule has 2 aromatic carbocycles. The summed E-state index contributed by atoms with van der Waals surface area (Å²) < 4.78 is 90.0. The van der Waals surface area contributed by atoms with Crippen LogP contribution in [0.4, 0.5) is 31.5 Å². The van der Waals surface area contributed by atoms with Gasteiger partial charge in [0.15, 0.2) is 16.6 Å². The zero-order chi connectivity index (χ0) is 27.7. The number of rotatable bonds is 7. The smallest absolute Gasteiger partial charge is 0.416 e. The van der Waals surface area contributed by atoms with Gasteiger partial charge in [0.2, 0.25) is 5.88 Å². The van der Waals surface area contributed by atoms with Crippen LogP contribution in [-0.2, 0) is 25.4 Å². The average Bonchev–Trinajstić information content (AvgIpc) is 3.22. The number of aromatic nitrogens is 1. The van der Waals surface area contributed by atoms with Crippen LogP contribution in [0.25, 0.3) is 0 Å². The Bertz CT molecular complexity index is 1270. The van der Waals surface area contributed by atoms with E-state index in [2.05, 4.69) is 14.8 Å². The Morgan fingerprint density at radius 3 is 2.29 bits per heavy atom. The van der Waals surface area contributed by atoms with E-state index in [1.54, 1.807) is 12.1 Å². The summed E-state index contributed by atoms with van der Waals surface area (Å²) in [4.78, 5) is 9.26. The number of halogens is 6. The lowest BCUT2D eigenvalue weighted by molar-refractivity contribution is -0.143. The average molecular weight is 562 g/mol. The predicted octanol–water partition coefficient (Wildman–Crippen LogP) is 5.82. The number of hydrogen-bond acceptors (Lipinski definition) is 7. The highest BCUT2D eigenvalue weighted by Gasteiger charge is 2.38. The molecule has 3 aromatic rings. The molecule has 38 heavy (non-hydrogen) atoms. The third-order valence-electron chi connectivity index (χ3n) is 6.16. The van der Waals surface area contributed by atoms with Crippen molar-refractivity contribution < 1.29 is 40.9 Å². The van der Waals surface area contributed by atoms with Gasteiger partial charge in [-0.25, -0.2) is 0 Å². The minimum atomic E-state index is -4.99. The first kappa shape index (κ1) is 27.8. The zero-order valence-electron chi connectivity index (χ0n) is 20.5. The number of aromatic hydroxyl groups is 1. The second-order valence-electron chi connectivity index (χ2n) is 8.85. The Kier molecular flexibility index (Phi) is 7.98. The Balaban J connectivity index is 1.49. The first-order chi connectivity index (χ1) is 17.8. The molecule has 0 amide bonds. The van der Waals surface area contributed by atoms with Crippen LogP contribution in [0.1, 0.15) is 27.1 Å². The van der Waals surface area contributed by atoms with Gasteiger partial charge < -0.3 is 24.4 Å². The predicted molar refractivity (Wildman–Crippen MR) is 130 cm³/mol. The molecule has 1 aliphatic heterocycles. The van der Waals surface area contributed by atoms with Crippen molar-refractivity contribution in [1.82, 2.24) is 9.88 Å². The molecule has 0 spiro atoms. The molecule has 1 aromatic heterocycles. The zero-order valence-corrected chi connectivity index (χ0v) is 21.3. The first-order valence-corrected chi connectivity index (χ1v) is 12.4. The van der Waals surface area contributed by atoms with Crippen LogP contribution in [-0.4, -0.2) is 55.3 Å². The number of benzene rings is 2. The summed E-state index contributed by atoms with van der Waals surface area (Å²) in [5.41, 5.74) is -2.51. The summed E-state index contributed by atoms with van der Waals surface area (Å²) in [6.45, 7) is 2.78. The summed E-state index contributed by atoms with van der Waals surface area (Å²) in [5.74, 6) is 0.285. The minimum Gasteiger partial charge on any atom is -0.493 e. The number of thiazole rings is 1. The van der Waals surface area contributed by atoms with Crippen LogP contribution < -0.4 is 14.4 Å². The number of alkyl halides is 6. The maximum atomic E-state index is 13.4. The minimum absolute atomic E-state index is 0.0646. The van der Waals surface area contributed by atoms with Crippen molar-refractivity contribution in [2.75, 3.05) is 45.2 Å². The number of nitrogens with zero attached hydrogens (tertiary/aromatic N) is 3. The van der Waals surface area contributed by atoms with Gasteiger partial charge in [-0.15, -0.1) is 0 Å². The van der Waals surface area contributed by atoms with Gasteiger partial charge in [-0.05, 0) is 36.9 Å². The molecule has 206 valence electrons. The monoisotopic (exact) mass is 561 g/mol. The molecule has 2 heterocycles. The van der Waals surface area contributed by atoms with E-state index in [0.29, 0.717) is 17.4 Å². The number of methoxy groups -OCH3 is 1. The molecule has 1 saturated heterocycles. The Labute approximate surface area is 219 Å². The van der Waals surface area contributed by atoms with Gasteiger partial charge in [0.05, 0.1) is 23.1 Å². The molecule has 6 nitrogen and oxygen atoms in total. The van der Waals surface area contributed by atoms with E-state index in [4.69, 9.17) is 9.47 Å². The molecule has 0 radical (unpaired) electrons. The molecule has 0 unspecified atom stereocenters. The quantitative estimate of drug-likeness (QED) is 0.367. The molecule has 0 saturated carbocycles. The van der Waals surface area contributed by atoms with Gasteiger partial charge in [-0.1, -0.05) is 23.5 Å². The highest BCUT2D eigenvalue weighted by molar-refractivity contribution is 7.15. The van der Waals surface area contributed by atoms with Crippen molar-refractivity contribution in [3.05, 3.63) is 63.5 Å². The molecule has 13 heteroatoms. The highest BCUT2D eigenvalue weighted by atomic mass is 32.1. The van der Waals surface area contributed by atoms with Crippen LogP contribution >= 0.6 is 11.3 Å². The van der Waals surface area contributed by atoms with Crippen LogP contribution in [0.15, 0.2) is 36.4 Å². The van der Waals surface area contributed by atoms with Gasteiger partial charge in [-0.3, -0.25) is 0 Å². The van der Waals surface area contributed by atoms with Crippen molar-refractivity contribution in [3.8, 4) is 17.4 Å². The summed E-state index contributed by atoms with van der Waals surface area (Å²) in [5, 5.41) is 11.1. The van der Waals surface area contributed by atoms with Crippen LogP contribution in [0.3, 0.4) is 0 Å². The molecule has 1 aliphatic rings. The standard InChI is InChI=1S/C25H25F6N3O3S/c1-33-7-9-34(10-8-33)23-32-22(35)21(38-23)12-15-3-6-19(20(11-15)36-2)37-14-16-4-5-17(24(26,27)28)13-18(16)25(29,30)31/h3-6,11,13,35H,7-10,12,14H2,1-2H3. The lowest BCUT2D eigenvalue weighted by Gasteiger charge is -2.31. The van der Waals surface area contributed by atoms with E-state index < -0.39 is 35.6 Å². The summed E-state index contributed by atoms with van der Waals surface area (Å²) in [6.07, 6.45) is -9.56. The fourth-order valence-electron chi connectivity index (χ4n) is 4.00. The fraction of sp³-hybridized carbons (Fsp3) is 0.400.